The zero-order chi connectivity index (χ0) is 12.0. The van der Waals surface area contributed by atoms with Crippen molar-refractivity contribution < 1.29 is 0 Å². The summed E-state index contributed by atoms with van der Waals surface area (Å²) in [7, 11) is 1.92. The summed E-state index contributed by atoms with van der Waals surface area (Å²) in [6.07, 6.45) is 3.77. The summed E-state index contributed by atoms with van der Waals surface area (Å²) in [5, 5.41) is 16.5. The molecular formula is C12H20N4. The topological polar surface area (TPSA) is 53.6 Å². The van der Waals surface area contributed by atoms with Crippen LogP contribution in [0, 0.1) is 16.7 Å². The minimum Gasteiger partial charge on any atom is -0.316 e. The molecule has 88 valence electrons. The highest BCUT2D eigenvalue weighted by Crippen LogP contribution is 2.16. The van der Waals surface area contributed by atoms with Gasteiger partial charge in [0.05, 0.1) is 17.2 Å². The third-order valence-electron chi connectivity index (χ3n) is 2.56. The highest BCUT2D eigenvalue weighted by atomic mass is 15.2. The van der Waals surface area contributed by atoms with Crippen molar-refractivity contribution in [1.82, 2.24) is 15.1 Å². The van der Waals surface area contributed by atoms with Gasteiger partial charge in [0.15, 0.2) is 0 Å². The lowest BCUT2D eigenvalue weighted by atomic mass is 9.91. The molecule has 0 bridgehead atoms. The van der Waals surface area contributed by atoms with E-state index in [2.05, 4.69) is 16.5 Å². The van der Waals surface area contributed by atoms with Crippen LogP contribution in [0.4, 0.5) is 0 Å². The Morgan fingerprint density at radius 1 is 1.50 bits per heavy atom. The third-order valence-corrected chi connectivity index (χ3v) is 2.56. The van der Waals surface area contributed by atoms with Crippen LogP contribution in [0.25, 0.3) is 0 Å². The van der Waals surface area contributed by atoms with Crippen molar-refractivity contribution in [2.45, 2.75) is 26.7 Å². The number of nitrogens with one attached hydrogen (secondary N) is 1. The van der Waals surface area contributed by atoms with Gasteiger partial charge in [0.1, 0.15) is 0 Å². The minimum absolute atomic E-state index is 0.224. The predicted molar refractivity (Wildman–Crippen MR) is 63.8 cm³/mol. The summed E-state index contributed by atoms with van der Waals surface area (Å²) >= 11 is 0. The van der Waals surface area contributed by atoms with Crippen molar-refractivity contribution in [3.05, 3.63) is 18.0 Å². The van der Waals surface area contributed by atoms with E-state index in [9.17, 15) is 0 Å². The number of aryl methyl sites for hydroxylation is 1. The summed E-state index contributed by atoms with van der Waals surface area (Å²) in [5.74, 6) is 0. The first-order chi connectivity index (χ1) is 7.53. The maximum atomic E-state index is 8.84. The Kier molecular flexibility index (Phi) is 4.51. The average molecular weight is 220 g/mol. The van der Waals surface area contributed by atoms with E-state index in [1.807, 2.05) is 37.8 Å². The zero-order valence-corrected chi connectivity index (χ0v) is 10.3. The van der Waals surface area contributed by atoms with E-state index in [0.717, 1.165) is 31.6 Å². The Bertz CT molecular complexity index is 359. The molecule has 0 saturated heterocycles. The molecule has 0 atom stereocenters. The lowest BCUT2D eigenvalue weighted by Crippen LogP contribution is -2.23. The largest absolute Gasteiger partial charge is 0.316 e. The molecule has 1 aromatic heterocycles. The van der Waals surface area contributed by atoms with E-state index in [1.165, 1.54) is 0 Å². The minimum atomic E-state index is -0.224. The standard InChI is InChI=1S/C12H20N4/c1-12(2,10-13)6-8-14-7-4-11-5-9-16(3)15-11/h5,9,14H,4,6-8H2,1-3H3. The summed E-state index contributed by atoms with van der Waals surface area (Å²) < 4.78 is 1.81. The van der Waals surface area contributed by atoms with E-state index in [-0.39, 0.29) is 5.41 Å². The van der Waals surface area contributed by atoms with Crippen molar-refractivity contribution in [1.29, 1.82) is 5.26 Å². The maximum Gasteiger partial charge on any atom is 0.0684 e. The molecule has 4 heteroatoms. The van der Waals surface area contributed by atoms with Crippen molar-refractivity contribution in [3.8, 4) is 6.07 Å². The van der Waals surface area contributed by atoms with Gasteiger partial charge < -0.3 is 5.32 Å². The Hall–Kier alpha value is -1.34. The van der Waals surface area contributed by atoms with Crippen LogP contribution in [0.2, 0.25) is 0 Å². The first-order valence-corrected chi connectivity index (χ1v) is 5.64. The number of nitriles is 1. The molecule has 16 heavy (non-hydrogen) atoms. The second-order valence-electron chi connectivity index (χ2n) is 4.73. The molecule has 0 aliphatic heterocycles. The Morgan fingerprint density at radius 3 is 2.81 bits per heavy atom. The van der Waals surface area contributed by atoms with Crippen LogP contribution in [0.3, 0.4) is 0 Å². The summed E-state index contributed by atoms with van der Waals surface area (Å²) in [5.41, 5.74) is 0.882. The van der Waals surface area contributed by atoms with Crippen LogP contribution in [0.1, 0.15) is 26.0 Å². The van der Waals surface area contributed by atoms with Gasteiger partial charge in [-0.25, -0.2) is 0 Å². The molecule has 1 rings (SSSR count). The Labute approximate surface area is 97.3 Å². The van der Waals surface area contributed by atoms with E-state index < -0.39 is 0 Å². The smallest absolute Gasteiger partial charge is 0.0684 e. The van der Waals surface area contributed by atoms with Crippen LogP contribution < -0.4 is 5.32 Å². The molecule has 1 aromatic rings. The number of rotatable bonds is 6. The maximum absolute atomic E-state index is 8.84. The van der Waals surface area contributed by atoms with Gasteiger partial charge in [-0.1, -0.05) is 0 Å². The number of nitrogens with zero attached hydrogens (tertiary/aromatic N) is 3. The fraction of sp³-hybridized carbons (Fsp3) is 0.667. The summed E-state index contributed by atoms with van der Waals surface area (Å²) in [4.78, 5) is 0. The highest BCUT2D eigenvalue weighted by Gasteiger charge is 2.15. The molecule has 0 radical (unpaired) electrons. The molecule has 0 aliphatic rings. The molecular weight excluding hydrogens is 200 g/mol. The first-order valence-electron chi connectivity index (χ1n) is 5.64. The van der Waals surface area contributed by atoms with E-state index >= 15 is 0 Å². The SMILES string of the molecule is Cn1ccc(CCNCCC(C)(C)C#N)n1. The predicted octanol–water partition coefficient (Wildman–Crippen LogP) is 1.49. The van der Waals surface area contributed by atoms with Gasteiger partial charge >= 0.3 is 0 Å². The van der Waals surface area contributed by atoms with Crippen LogP contribution in [-0.2, 0) is 13.5 Å². The van der Waals surface area contributed by atoms with Crippen molar-refractivity contribution >= 4 is 0 Å². The zero-order valence-electron chi connectivity index (χ0n) is 10.3. The van der Waals surface area contributed by atoms with Gasteiger partial charge in [0, 0.05) is 26.2 Å². The molecule has 0 fully saturated rings. The quantitative estimate of drug-likeness (QED) is 0.739. The molecule has 1 heterocycles. The van der Waals surface area contributed by atoms with Crippen LogP contribution in [-0.4, -0.2) is 22.9 Å². The van der Waals surface area contributed by atoms with Crippen LogP contribution >= 0.6 is 0 Å². The van der Waals surface area contributed by atoms with Gasteiger partial charge in [0.2, 0.25) is 0 Å². The van der Waals surface area contributed by atoms with Gasteiger partial charge in [-0.2, -0.15) is 10.4 Å². The lowest BCUT2D eigenvalue weighted by molar-refractivity contribution is 0.433. The van der Waals surface area contributed by atoms with E-state index in [1.54, 1.807) is 0 Å². The fourth-order valence-electron chi connectivity index (χ4n) is 1.39. The van der Waals surface area contributed by atoms with Crippen molar-refractivity contribution in [2.75, 3.05) is 13.1 Å². The molecule has 0 aliphatic carbocycles. The fourth-order valence-corrected chi connectivity index (χ4v) is 1.39. The van der Waals surface area contributed by atoms with Crippen LogP contribution in [0.15, 0.2) is 12.3 Å². The van der Waals surface area contributed by atoms with Gasteiger partial charge in [-0.15, -0.1) is 0 Å². The van der Waals surface area contributed by atoms with Crippen molar-refractivity contribution in [2.24, 2.45) is 12.5 Å². The summed E-state index contributed by atoms with van der Waals surface area (Å²) in [6, 6.07) is 4.33. The number of aromatic nitrogens is 2. The average Bonchev–Trinajstić information content (AvgIpc) is 2.64. The van der Waals surface area contributed by atoms with E-state index in [4.69, 9.17) is 5.26 Å². The van der Waals surface area contributed by atoms with Gasteiger partial charge in [0.25, 0.3) is 0 Å². The first kappa shape index (κ1) is 12.7. The Morgan fingerprint density at radius 2 is 2.25 bits per heavy atom. The second kappa shape index (κ2) is 5.66. The molecule has 0 amide bonds. The van der Waals surface area contributed by atoms with Crippen molar-refractivity contribution in [3.63, 3.8) is 0 Å². The molecule has 1 N–H and O–H groups in total. The third kappa shape index (κ3) is 4.45. The summed E-state index contributed by atoms with van der Waals surface area (Å²) in [6.45, 7) is 5.73. The highest BCUT2D eigenvalue weighted by molar-refractivity contribution is 4.99. The lowest BCUT2D eigenvalue weighted by Gasteiger charge is -2.14. The Balaban J connectivity index is 2.11. The van der Waals surface area contributed by atoms with Crippen LogP contribution in [0.5, 0.6) is 0 Å². The van der Waals surface area contributed by atoms with Gasteiger partial charge in [-0.05, 0) is 32.9 Å². The number of hydrogen-bond acceptors (Lipinski definition) is 3. The molecule has 0 spiro atoms. The molecule has 0 aromatic carbocycles. The molecule has 4 nitrogen and oxygen atoms in total. The van der Waals surface area contributed by atoms with Gasteiger partial charge in [-0.3, -0.25) is 4.68 Å². The van der Waals surface area contributed by atoms with E-state index in [0.29, 0.717) is 0 Å². The normalized spacial score (nSPS) is 11.4. The molecule has 0 unspecified atom stereocenters. The second-order valence-corrected chi connectivity index (χ2v) is 4.73. The number of hydrogen-bond donors (Lipinski definition) is 1. The molecule has 0 saturated carbocycles. The monoisotopic (exact) mass is 220 g/mol.